The van der Waals surface area contributed by atoms with Crippen molar-refractivity contribution in [3.8, 4) is 0 Å². The summed E-state index contributed by atoms with van der Waals surface area (Å²) >= 11 is 0. The summed E-state index contributed by atoms with van der Waals surface area (Å²) in [5.41, 5.74) is 3.66. The zero-order valence-corrected chi connectivity index (χ0v) is 12.3. The van der Waals surface area contributed by atoms with Crippen LogP contribution in [0.2, 0.25) is 0 Å². The molecule has 2 aromatic rings. The molecule has 1 unspecified atom stereocenters. The Bertz CT molecular complexity index is 634. The van der Waals surface area contributed by atoms with Gasteiger partial charge in [0, 0.05) is 12.3 Å². The lowest BCUT2D eigenvalue weighted by molar-refractivity contribution is 0.434. The molecule has 4 nitrogen and oxygen atoms in total. The second-order valence-electron chi connectivity index (χ2n) is 5.00. The molecular formula is C16H21N3O. The smallest absolute Gasteiger partial charge is 0.266 e. The summed E-state index contributed by atoms with van der Waals surface area (Å²) in [6, 6.07) is 9.70. The number of aromatic nitrogens is 2. The monoisotopic (exact) mass is 271 g/mol. The van der Waals surface area contributed by atoms with Crippen LogP contribution in [0.25, 0.3) is 0 Å². The Morgan fingerprint density at radius 1 is 1.25 bits per heavy atom. The van der Waals surface area contributed by atoms with Crippen LogP contribution in [0.3, 0.4) is 0 Å². The van der Waals surface area contributed by atoms with Crippen molar-refractivity contribution in [1.82, 2.24) is 15.1 Å². The highest BCUT2D eigenvalue weighted by molar-refractivity contribution is 5.31. The molecule has 0 saturated heterocycles. The minimum atomic E-state index is -0.0702. The SMILES string of the molecule is CCNC(Cn1ncccc1=O)c1ccc(C)c(C)c1. The largest absolute Gasteiger partial charge is 0.309 e. The summed E-state index contributed by atoms with van der Waals surface area (Å²) in [6.07, 6.45) is 1.64. The maximum absolute atomic E-state index is 11.8. The molecule has 20 heavy (non-hydrogen) atoms. The predicted molar refractivity (Wildman–Crippen MR) is 80.8 cm³/mol. The molecule has 4 heteroatoms. The Hall–Kier alpha value is -1.94. The molecule has 106 valence electrons. The minimum Gasteiger partial charge on any atom is -0.309 e. The van der Waals surface area contributed by atoms with Gasteiger partial charge in [-0.15, -0.1) is 0 Å². The van der Waals surface area contributed by atoms with Crippen molar-refractivity contribution in [2.45, 2.75) is 33.4 Å². The van der Waals surface area contributed by atoms with Crippen LogP contribution in [0.4, 0.5) is 0 Å². The van der Waals surface area contributed by atoms with E-state index in [1.54, 1.807) is 12.3 Å². The summed E-state index contributed by atoms with van der Waals surface area (Å²) in [4.78, 5) is 11.8. The topological polar surface area (TPSA) is 46.9 Å². The third kappa shape index (κ3) is 3.33. The zero-order valence-electron chi connectivity index (χ0n) is 12.3. The van der Waals surface area contributed by atoms with Crippen molar-refractivity contribution in [2.24, 2.45) is 0 Å². The Morgan fingerprint density at radius 3 is 2.70 bits per heavy atom. The van der Waals surface area contributed by atoms with E-state index in [1.807, 2.05) is 0 Å². The average molecular weight is 271 g/mol. The van der Waals surface area contributed by atoms with Crippen LogP contribution < -0.4 is 10.9 Å². The van der Waals surface area contributed by atoms with E-state index < -0.39 is 0 Å². The molecule has 0 aliphatic carbocycles. The number of nitrogens with one attached hydrogen (secondary N) is 1. The van der Waals surface area contributed by atoms with Gasteiger partial charge in [0.25, 0.3) is 5.56 Å². The first-order chi connectivity index (χ1) is 9.61. The van der Waals surface area contributed by atoms with Crippen LogP contribution in [-0.4, -0.2) is 16.3 Å². The summed E-state index contributed by atoms with van der Waals surface area (Å²) in [6.45, 7) is 7.66. The summed E-state index contributed by atoms with van der Waals surface area (Å²) in [7, 11) is 0. The predicted octanol–water partition coefficient (Wildman–Crippen LogP) is 2.21. The first-order valence-electron chi connectivity index (χ1n) is 6.94. The molecular weight excluding hydrogens is 250 g/mol. The van der Waals surface area contributed by atoms with Gasteiger partial charge in [0.2, 0.25) is 0 Å². The van der Waals surface area contributed by atoms with Crippen LogP contribution in [-0.2, 0) is 6.54 Å². The first kappa shape index (κ1) is 14.5. The number of nitrogens with zero attached hydrogens (tertiary/aromatic N) is 2. The molecule has 0 radical (unpaired) electrons. The van der Waals surface area contributed by atoms with Gasteiger partial charge in [0.05, 0.1) is 12.6 Å². The molecule has 0 fully saturated rings. The van der Waals surface area contributed by atoms with Crippen LogP contribution in [0.1, 0.15) is 29.7 Å². The van der Waals surface area contributed by atoms with Gasteiger partial charge in [-0.25, -0.2) is 4.68 Å². The fraction of sp³-hybridized carbons (Fsp3) is 0.375. The fourth-order valence-corrected chi connectivity index (χ4v) is 2.21. The van der Waals surface area contributed by atoms with Crippen LogP contribution in [0.5, 0.6) is 0 Å². The number of hydrogen-bond acceptors (Lipinski definition) is 3. The second kappa shape index (κ2) is 6.48. The molecule has 1 heterocycles. The summed E-state index contributed by atoms with van der Waals surface area (Å²) in [5, 5.41) is 7.55. The number of aryl methyl sites for hydroxylation is 2. The highest BCUT2D eigenvalue weighted by Crippen LogP contribution is 2.18. The van der Waals surface area contributed by atoms with E-state index in [4.69, 9.17) is 0 Å². The Morgan fingerprint density at radius 2 is 2.05 bits per heavy atom. The van der Waals surface area contributed by atoms with Crippen molar-refractivity contribution in [3.63, 3.8) is 0 Å². The zero-order chi connectivity index (χ0) is 14.5. The van der Waals surface area contributed by atoms with Crippen molar-refractivity contribution in [1.29, 1.82) is 0 Å². The quantitative estimate of drug-likeness (QED) is 0.907. The first-order valence-corrected chi connectivity index (χ1v) is 6.94. The van der Waals surface area contributed by atoms with E-state index in [0.29, 0.717) is 6.54 Å². The molecule has 0 bridgehead atoms. The van der Waals surface area contributed by atoms with Gasteiger partial charge < -0.3 is 5.32 Å². The van der Waals surface area contributed by atoms with Crippen molar-refractivity contribution in [3.05, 3.63) is 63.6 Å². The highest BCUT2D eigenvalue weighted by Gasteiger charge is 2.13. The molecule has 0 aliphatic rings. The number of likely N-dealkylation sites (N-methyl/N-ethyl adjacent to an activating group) is 1. The van der Waals surface area contributed by atoms with Gasteiger partial charge in [-0.3, -0.25) is 4.79 Å². The van der Waals surface area contributed by atoms with Crippen LogP contribution in [0.15, 0.2) is 41.3 Å². The van der Waals surface area contributed by atoms with E-state index in [0.717, 1.165) is 6.54 Å². The average Bonchev–Trinajstić information content (AvgIpc) is 2.44. The van der Waals surface area contributed by atoms with Crippen LogP contribution >= 0.6 is 0 Å². The molecule has 0 spiro atoms. The third-order valence-electron chi connectivity index (χ3n) is 3.52. The van der Waals surface area contributed by atoms with E-state index >= 15 is 0 Å². The molecule has 0 amide bonds. The van der Waals surface area contributed by atoms with E-state index in [2.05, 4.69) is 49.4 Å². The molecule has 0 saturated carbocycles. The molecule has 1 N–H and O–H groups in total. The fourth-order valence-electron chi connectivity index (χ4n) is 2.21. The van der Waals surface area contributed by atoms with Gasteiger partial charge in [0.15, 0.2) is 0 Å². The van der Waals surface area contributed by atoms with Gasteiger partial charge >= 0.3 is 0 Å². The standard InChI is InChI=1S/C16H21N3O/c1-4-17-15(11-19-16(20)6-5-9-18-19)14-8-7-12(2)13(3)10-14/h5-10,15,17H,4,11H2,1-3H3. The lowest BCUT2D eigenvalue weighted by Crippen LogP contribution is -2.31. The number of benzene rings is 1. The molecule has 0 aliphatic heterocycles. The third-order valence-corrected chi connectivity index (χ3v) is 3.52. The van der Waals surface area contributed by atoms with Crippen LogP contribution in [0, 0.1) is 13.8 Å². The molecule has 1 aromatic heterocycles. The van der Waals surface area contributed by atoms with E-state index in [9.17, 15) is 4.79 Å². The Labute approximate surface area is 119 Å². The van der Waals surface area contributed by atoms with E-state index in [1.165, 1.54) is 27.4 Å². The van der Waals surface area contributed by atoms with Crippen molar-refractivity contribution in [2.75, 3.05) is 6.54 Å². The lowest BCUT2D eigenvalue weighted by Gasteiger charge is -2.19. The Kier molecular flexibility index (Phi) is 4.69. The maximum Gasteiger partial charge on any atom is 0.266 e. The normalized spacial score (nSPS) is 12.3. The lowest BCUT2D eigenvalue weighted by atomic mass is 10.0. The molecule has 1 aromatic carbocycles. The van der Waals surface area contributed by atoms with Gasteiger partial charge in [-0.05, 0) is 43.1 Å². The summed E-state index contributed by atoms with van der Waals surface area (Å²) in [5.74, 6) is 0. The van der Waals surface area contributed by atoms with Crippen molar-refractivity contribution >= 4 is 0 Å². The van der Waals surface area contributed by atoms with E-state index in [-0.39, 0.29) is 11.6 Å². The minimum absolute atomic E-state index is 0.0702. The second-order valence-corrected chi connectivity index (χ2v) is 5.00. The highest BCUT2D eigenvalue weighted by atomic mass is 16.1. The summed E-state index contributed by atoms with van der Waals surface area (Å²) < 4.78 is 1.50. The van der Waals surface area contributed by atoms with Gasteiger partial charge in [-0.1, -0.05) is 25.1 Å². The van der Waals surface area contributed by atoms with Gasteiger partial charge in [-0.2, -0.15) is 5.10 Å². The Balaban J connectivity index is 2.29. The molecule has 1 atom stereocenters. The number of rotatable bonds is 5. The maximum atomic E-state index is 11.8. The molecule has 2 rings (SSSR count). The van der Waals surface area contributed by atoms with Gasteiger partial charge in [0.1, 0.15) is 0 Å². The van der Waals surface area contributed by atoms with Crippen molar-refractivity contribution < 1.29 is 0 Å². The number of hydrogen-bond donors (Lipinski definition) is 1.